The van der Waals surface area contributed by atoms with Gasteiger partial charge in [0.25, 0.3) is 0 Å². The van der Waals surface area contributed by atoms with Crippen molar-refractivity contribution >= 4 is 11.8 Å². The topological polar surface area (TPSA) is 0 Å². The lowest BCUT2D eigenvalue weighted by molar-refractivity contribution is 1.60. The van der Waals surface area contributed by atoms with Gasteiger partial charge in [0, 0.05) is 5.75 Å². The van der Waals surface area contributed by atoms with E-state index in [4.69, 9.17) is 0 Å². The number of thioether (sulfide) groups is 1. The summed E-state index contributed by atoms with van der Waals surface area (Å²) < 4.78 is 0. The van der Waals surface area contributed by atoms with E-state index in [1.54, 1.807) is 0 Å². The minimum Gasteiger partial charge on any atom is -0.127 e. The van der Waals surface area contributed by atoms with E-state index in [9.17, 15) is 0 Å². The molecular weight excluding hydrogens is 104 g/mol. The Kier molecular flexibility index (Phi) is 1.58. The fourth-order valence-corrected chi connectivity index (χ4v) is 1.13. The molecule has 0 aromatic carbocycles. The first-order valence-electron chi connectivity index (χ1n) is 2.36. The third-order valence-electron chi connectivity index (χ3n) is 0.874. The van der Waals surface area contributed by atoms with Crippen LogP contribution in [0.4, 0.5) is 0 Å². The lowest BCUT2D eigenvalue weighted by atomic mass is 10.4. The van der Waals surface area contributed by atoms with Gasteiger partial charge in [-0.3, -0.25) is 0 Å². The van der Waals surface area contributed by atoms with Crippen LogP contribution in [0.3, 0.4) is 0 Å². The quantitative estimate of drug-likeness (QED) is 0.463. The second-order valence-corrected chi connectivity index (χ2v) is 2.78. The van der Waals surface area contributed by atoms with E-state index in [2.05, 4.69) is 25.2 Å². The first kappa shape index (κ1) is 4.98. The maximum atomic E-state index is 2.16. The van der Waals surface area contributed by atoms with Crippen molar-refractivity contribution in [1.82, 2.24) is 0 Å². The molecule has 0 nitrogen and oxygen atoms in total. The van der Waals surface area contributed by atoms with Crippen LogP contribution in [-0.2, 0) is 0 Å². The van der Waals surface area contributed by atoms with Crippen molar-refractivity contribution in [3.05, 3.63) is 23.1 Å². The zero-order valence-electron chi connectivity index (χ0n) is 4.35. The standard InChI is InChI=1S/C6H8S/c1-6-4-2-3-5-7-6/h2-4H,5H2,1H3. The Labute approximate surface area is 48.3 Å². The van der Waals surface area contributed by atoms with E-state index in [0.29, 0.717) is 0 Å². The van der Waals surface area contributed by atoms with Crippen LogP contribution in [0, 0.1) is 0 Å². The minimum atomic E-state index is 1.16. The Bertz CT molecular complexity index is 111. The van der Waals surface area contributed by atoms with E-state index in [0.717, 1.165) is 5.75 Å². The molecule has 0 unspecified atom stereocenters. The van der Waals surface area contributed by atoms with Crippen molar-refractivity contribution in [3.8, 4) is 0 Å². The summed E-state index contributed by atoms with van der Waals surface area (Å²) in [7, 11) is 0. The Hall–Kier alpha value is -0.170. The van der Waals surface area contributed by atoms with Crippen molar-refractivity contribution in [2.75, 3.05) is 5.75 Å². The lowest BCUT2D eigenvalue weighted by Crippen LogP contribution is -1.76. The van der Waals surface area contributed by atoms with Crippen LogP contribution in [0.2, 0.25) is 0 Å². The van der Waals surface area contributed by atoms with Gasteiger partial charge in [0.05, 0.1) is 0 Å². The van der Waals surface area contributed by atoms with E-state index in [-0.39, 0.29) is 0 Å². The normalized spacial score (nSPS) is 19.3. The van der Waals surface area contributed by atoms with E-state index < -0.39 is 0 Å². The summed E-state index contributed by atoms with van der Waals surface area (Å²) in [6.07, 6.45) is 6.40. The minimum absolute atomic E-state index is 1.16. The Morgan fingerprint density at radius 3 is 2.86 bits per heavy atom. The van der Waals surface area contributed by atoms with Crippen LogP contribution >= 0.6 is 11.8 Å². The number of hydrogen-bond acceptors (Lipinski definition) is 1. The van der Waals surface area contributed by atoms with Gasteiger partial charge in [0.1, 0.15) is 0 Å². The summed E-state index contributed by atoms with van der Waals surface area (Å²) >= 11 is 1.89. The molecule has 0 amide bonds. The van der Waals surface area contributed by atoms with E-state index in [1.165, 1.54) is 4.91 Å². The molecule has 1 aliphatic heterocycles. The third-order valence-corrected chi connectivity index (χ3v) is 1.82. The molecule has 0 aliphatic carbocycles. The van der Waals surface area contributed by atoms with Crippen LogP contribution in [-0.4, -0.2) is 5.75 Å². The molecule has 0 radical (unpaired) electrons. The SMILES string of the molecule is CC1=CC=CCS1. The maximum Gasteiger partial charge on any atom is 0.0160 e. The van der Waals surface area contributed by atoms with Crippen molar-refractivity contribution in [2.24, 2.45) is 0 Å². The van der Waals surface area contributed by atoms with Gasteiger partial charge < -0.3 is 0 Å². The largest absolute Gasteiger partial charge is 0.127 e. The predicted molar refractivity (Wildman–Crippen MR) is 35.4 cm³/mol. The van der Waals surface area contributed by atoms with Crippen LogP contribution in [0.15, 0.2) is 23.1 Å². The first-order valence-corrected chi connectivity index (χ1v) is 3.34. The van der Waals surface area contributed by atoms with E-state index >= 15 is 0 Å². The highest BCUT2D eigenvalue weighted by Gasteiger charge is 1.88. The molecule has 1 aliphatic rings. The van der Waals surface area contributed by atoms with Crippen LogP contribution in [0.1, 0.15) is 6.92 Å². The molecule has 0 aromatic rings. The molecule has 7 heavy (non-hydrogen) atoms. The Balaban J connectivity index is 2.57. The molecule has 0 saturated heterocycles. The summed E-state index contributed by atoms with van der Waals surface area (Å²) in [5.74, 6) is 1.16. The molecule has 0 N–H and O–H groups in total. The van der Waals surface area contributed by atoms with Crippen molar-refractivity contribution in [2.45, 2.75) is 6.92 Å². The molecule has 0 spiro atoms. The van der Waals surface area contributed by atoms with Gasteiger partial charge in [-0.2, -0.15) is 0 Å². The van der Waals surface area contributed by atoms with Gasteiger partial charge in [0.15, 0.2) is 0 Å². The molecule has 0 bridgehead atoms. The van der Waals surface area contributed by atoms with Crippen molar-refractivity contribution in [1.29, 1.82) is 0 Å². The molecule has 38 valence electrons. The summed E-state index contributed by atoms with van der Waals surface area (Å²) in [6.45, 7) is 2.13. The third kappa shape index (κ3) is 1.39. The van der Waals surface area contributed by atoms with Crippen molar-refractivity contribution < 1.29 is 0 Å². The molecule has 0 saturated carbocycles. The lowest BCUT2D eigenvalue weighted by Gasteiger charge is -1.98. The van der Waals surface area contributed by atoms with Gasteiger partial charge in [0.2, 0.25) is 0 Å². The van der Waals surface area contributed by atoms with Gasteiger partial charge in [-0.15, -0.1) is 11.8 Å². The highest BCUT2D eigenvalue weighted by Crippen LogP contribution is 2.17. The van der Waals surface area contributed by atoms with Crippen molar-refractivity contribution in [3.63, 3.8) is 0 Å². The summed E-state index contributed by atoms with van der Waals surface area (Å²) in [6, 6.07) is 0. The number of hydrogen-bond donors (Lipinski definition) is 0. The second kappa shape index (κ2) is 2.22. The summed E-state index contributed by atoms with van der Waals surface area (Å²) in [4.78, 5) is 1.42. The number of rotatable bonds is 0. The zero-order chi connectivity index (χ0) is 5.11. The smallest absolute Gasteiger partial charge is 0.0160 e. The maximum absolute atomic E-state index is 2.16. The summed E-state index contributed by atoms with van der Waals surface area (Å²) in [5, 5.41) is 0. The molecular formula is C6H8S. The summed E-state index contributed by atoms with van der Waals surface area (Å²) in [5.41, 5.74) is 0. The first-order chi connectivity index (χ1) is 3.39. The van der Waals surface area contributed by atoms with Crippen LogP contribution < -0.4 is 0 Å². The zero-order valence-corrected chi connectivity index (χ0v) is 5.16. The fourth-order valence-electron chi connectivity index (χ4n) is 0.487. The average Bonchev–Trinajstić information content (AvgIpc) is 1.69. The molecule has 0 fully saturated rings. The van der Waals surface area contributed by atoms with E-state index in [1.807, 2.05) is 11.8 Å². The fraction of sp³-hybridized carbons (Fsp3) is 0.333. The average molecular weight is 112 g/mol. The van der Waals surface area contributed by atoms with Gasteiger partial charge >= 0.3 is 0 Å². The molecule has 0 atom stereocenters. The highest BCUT2D eigenvalue weighted by molar-refractivity contribution is 8.03. The Morgan fingerprint density at radius 1 is 1.71 bits per heavy atom. The van der Waals surface area contributed by atoms with Gasteiger partial charge in [-0.05, 0) is 11.8 Å². The molecule has 1 heterocycles. The second-order valence-electron chi connectivity index (χ2n) is 1.52. The highest BCUT2D eigenvalue weighted by atomic mass is 32.2. The molecule has 1 heteroatoms. The predicted octanol–water partition coefficient (Wildman–Crippen LogP) is 2.19. The van der Waals surface area contributed by atoms with Crippen LogP contribution in [0.25, 0.3) is 0 Å². The monoisotopic (exact) mass is 112 g/mol. The van der Waals surface area contributed by atoms with Gasteiger partial charge in [-0.1, -0.05) is 18.2 Å². The number of allylic oxidation sites excluding steroid dienone is 3. The Morgan fingerprint density at radius 2 is 2.57 bits per heavy atom. The molecule has 0 aromatic heterocycles. The van der Waals surface area contributed by atoms with Gasteiger partial charge in [-0.25, -0.2) is 0 Å². The molecule has 1 rings (SSSR count). The van der Waals surface area contributed by atoms with Crippen LogP contribution in [0.5, 0.6) is 0 Å².